The molecule has 16 heavy (non-hydrogen) atoms. The van der Waals surface area contributed by atoms with E-state index in [0.29, 0.717) is 12.0 Å². The van der Waals surface area contributed by atoms with Gasteiger partial charge in [0, 0.05) is 0 Å². The predicted octanol–water partition coefficient (Wildman–Crippen LogP) is 1.38. The van der Waals surface area contributed by atoms with Crippen molar-refractivity contribution in [3.05, 3.63) is 29.3 Å². The van der Waals surface area contributed by atoms with E-state index in [1.807, 2.05) is 6.92 Å². The number of aryl methyl sites for hydroxylation is 1. The van der Waals surface area contributed by atoms with Crippen LogP contribution < -0.4 is 5.46 Å². The molecule has 0 saturated heterocycles. The summed E-state index contributed by atoms with van der Waals surface area (Å²) >= 11 is 0. The van der Waals surface area contributed by atoms with Gasteiger partial charge in [-0.3, -0.25) is 0 Å². The van der Waals surface area contributed by atoms with Crippen molar-refractivity contribution in [3.8, 4) is 0 Å². The van der Waals surface area contributed by atoms with Gasteiger partial charge < -0.3 is 10.0 Å². The standard InChI is InChI=1S/C11H15BF2O2/c1-2-3-4-5-8-6-7-9(13)10(11(8)14)12(15)16/h6-7,15-16H,2-5H2,1H3. The van der Waals surface area contributed by atoms with E-state index in [1.54, 1.807) is 0 Å². The summed E-state index contributed by atoms with van der Waals surface area (Å²) in [5.41, 5.74) is -0.327. The minimum Gasteiger partial charge on any atom is -0.423 e. The quantitative estimate of drug-likeness (QED) is 0.590. The first-order valence-corrected chi connectivity index (χ1v) is 5.40. The van der Waals surface area contributed by atoms with Crippen LogP contribution in [0.5, 0.6) is 0 Å². The van der Waals surface area contributed by atoms with Crippen LogP contribution in [0.15, 0.2) is 12.1 Å². The third-order valence-electron chi connectivity index (χ3n) is 2.51. The van der Waals surface area contributed by atoms with Crippen molar-refractivity contribution in [3.63, 3.8) is 0 Å². The summed E-state index contributed by atoms with van der Waals surface area (Å²) in [4.78, 5) is 0. The molecule has 0 aromatic heterocycles. The first kappa shape index (κ1) is 13.1. The Hall–Kier alpha value is -0.935. The van der Waals surface area contributed by atoms with E-state index in [-0.39, 0.29) is 0 Å². The molecule has 0 heterocycles. The molecule has 0 fully saturated rings. The number of rotatable bonds is 5. The summed E-state index contributed by atoms with van der Waals surface area (Å²) < 4.78 is 26.8. The highest BCUT2D eigenvalue weighted by Crippen LogP contribution is 2.12. The molecule has 2 N–H and O–H groups in total. The van der Waals surface area contributed by atoms with Gasteiger partial charge in [0.25, 0.3) is 0 Å². The van der Waals surface area contributed by atoms with Crippen LogP contribution in [0.2, 0.25) is 0 Å². The predicted molar refractivity (Wildman–Crippen MR) is 59.4 cm³/mol. The third kappa shape index (κ3) is 3.03. The number of benzene rings is 1. The average Bonchev–Trinajstić information content (AvgIpc) is 2.21. The van der Waals surface area contributed by atoms with E-state index in [2.05, 4.69) is 0 Å². The maximum atomic E-state index is 13.7. The summed E-state index contributed by atoms with van der Waals surface area (Å²) in [5, 5.41) is 17.7. The molecular formula is C11H15BF2O2. The first-order chi connectivity index (χ1) is 7.57. The van der Waals surface area contributed by atoms with Gasteiger partial charge in [-0.1, -0.05) is 25.8 Å². The Labute approximate surface area is 94.1 Å². The summed E-state index contributed by atoms with van der Waals surface area (Å²) in [6.45, 7) is 2.03. The molecule has 2 nitrogen and oxygen atoms in total. The molecule has 0 amide bonds. The average molecular weight is 228 g/mol. The van der Waals surface area contributed by atoms with Gasteiger partial charge in [0.1, 0.15) is 11.6 Å². The van der Waals surface area contributed by atoms with Crippen LogP contribution in [-0.2, 0) is 6.42 Å². The Morgan fingerprint density at radius 3 is 2.44 bits per heavy atom. The van der Waals surface area contributed by atoms with Crippen molar-refractivity contribution in [2.24, 2.45) is 0 Å². The van der Waals surface area contributed by atoms with Crippen molar-refractivity contribution in [1.82, 2.24) is 0 Å². The van der Waals surface area contributed by atoms with E-state index in [4.69, 9.17) is 10.0 Å². The van der Waals surface area contributed by atoms with E-state index >= 15 is 0 Å². The minimum absolute atomic E-state index is 0.331. The fourth-order valence-corrected chi connectivity index (χ4v) is 1.61. The van der Waals surface area contributed by atoms with Gasteiger partial charge in [-0.05, 0) is 24.5 Å². The second kappa shape index (κ2) is 5.96. The molecule has 0 saturated carbocycles. The second-order valence-corrected chi connectivity index (χ2v) is 3.76. The molecule has 0 aliphatic carbocycles. The molecule has 0 unspecified atom stereocenters. The van der Waals surface area contributed by atoms with E-state index < -0.39 is 24.2 Å². The maximum absolute atomic E-state index is 13.7. The van der Waals surface area contributed by atoms with E-state index in [0.717, 1.165) is 25.3 Å². The van der Waals surface area contributed by atoms with Crippen molar-refractivity contribution in [2.75, 3.05) is 0 Å². The van der Waals surface area contributed by atoms with Crippen LogP contribution in [-0.4, -0.2) is 17.2 Å². The fraction of sp³-hybridized carbons (Fsp3) is 0.455. The van der Waals surface area contributed by atoms with Gasteiger partial charge in [-0.25, -0.2) is 8.78 Å². The number of hydrogen-bond acceptors (Lipinski definition) is 2. The molecule has 0 aliphatic heterocycles. The number of hydrogen-bond donors (Lipinski definition) is 2. The monoisotopic (exact) mass is 228 g/mol. The minimum atomic E-state index is -2.11. The second-order valence-electron chi connectivity index (χ2n) is 3.76. The van der Waals surface area contributed by atoms with Crippen LogP contribution >= 0.6 is 0 Å². The zero-order valence-corrected chi connectivity index (χ0v) is 9.21. The lowest BCUT2D eigenvalue weighted by Crippen LogP contribution is -2.36. The van der Waals surface area contributed by atoms with Gasteiger partial charge in [0.2, 0.25) is 0 Å². The van der Waals surface area contributed by atoms with Gasteiger partial charge >= 0.3 is 7.12 Å². The van der Waals surface area contributed by atoms with Crippen molar-refractivity contribution < 1.29 is 18.8 Å². The first-order valence-electron chi connectivity index (χ1n) is 5.40. The molecule has 1 aromatic rings. The summed E-state index contributed by atoms with van der Waals surface area (Å²) in [6, 6.07) is 2.42. The smallest absolute Gasteiger partial charge is 0.423 e. The van der Waals surface area contributed by atoms with Gasteiger partial charge in [0.05, 0.1) is 5.46 Å². The normalized spacial score (nSPS) is 10.6. The summed E-state index contributed by atoms with van der Waals surface area (Å²) in [6.07, 6.45) is 3.27. The molecule has 1 rings (SSSR count). The molecule has 0 spiro atoms. The van der Waals surface area contributed by atoms with Crippen LogP contribution in [0.1, 0.15) is 31.7 Å². The molecule has 5 heteroatoms. The highest BCUT2D eigenvalue weighted by molar-refractivity contribution is 6.58. The highest BCUT2D eigenvalue weighted by atomic mass is 19.1. The van der Waals surface area contributed by atoms with E-state index in [1.165, 1.54) is 6.07 Å². The maximum Gasteiger partial charge on any atom is 0.494 e. The molecule has 0 atom stereocenters. The zero-order valence-electron chi connectivity index (χ0n) is 9.21. The Balaban J connectivity index is 2.90. The molecular weight excluding hydrogens is 213 g/mol. The summed E-state index contributed by atoms with van der Waals surface area (Å²) in [5.74, 6) is -1.77. The molecule has 0 aliphatic rings. The van der Waals surface area contributed by atoms with Crippen LogP contribution in [0.4, 0.5) is 8.78 Å². The van der Waals surface area contributed by atoms with Crippen LogP contribution in [0, 0.1) is 11.6 Å². The Morgan fingerprint density at radius 1 is 1.19 bits per heavy atom. The third-order valence-corrected chi connectivity index (χ3v) is 2.51. The fourth-order valence-electron chi connectivity index (χ4n) is 1.61. The Bertz CT molecular complexity index is 356. The summed E-state index contributed by atoms with van der Waals surface area (Å²) in [7, 11) is -2.11. The highest BCUT2D eigenvalue weighted by Gasteiger charge is 2.23. The van der Waals surface area contributed by atoms with Crippen molar-refractivity contribution in [1.29, 1.82) is 0 Å². The largest absolute Gasteiger partial charge is 0.494 e. The molecule has 0 radical (unpaired) electrons. The SMILES string of the molecule is CCCCCc1ccc(F)c(B(O)O)c1F. The topological polar surface area (TPSA) is 40.5 Å². The zero-order chi connectivity index (χ0) is 12.1. The van der Waals surface area contributed by atoms with Crippen LogP contribution in [0.3, 0.4) is 0 Å². The Morgan fingerprint density at radius 2 is 1.88 bits per heavy atom. The lowest BCUT2D eigenvalue weighted by molar-refractivity contribution is 0.419. The lowest BCUT2D eigenvalue weighted by atomic mass is 9.78. The number of unbranched alkanes of at least 4 members (excludes halogenated alkanes) is 2. The molecule has 1 aromatic carbocycles. The molecule has 0 bridgehead atoms. The Kier molecular flexibility index (Phi) is 4.89. The number of halogens is 2. The van der Waals surface area contributed by atoms with Gasteiger partial charge in [0.15, 0.2) is 0 Å². The van der Waals surface area contributed by atoms with E-state index in [9.17, 15) is 8.78 Å². The van der Waals surface area contributed by atoms with Crippen LogP contribution in [0.25, 0.3) is 0 Å². The van der Waals surface area contributed by atoms with Gasteiger partial charge in [-0.15, -0.1) is 0 Å². The van der Waals surface area contributed by atoms with Crippen molar-refractivity contribution >= 4 is 12.6 Å². The van der Waals surface area contributed by atoms with Gasteiger partial charge in [-0.2, -0.15) is 0 Å². The molecule has 88 valence electrons. The lowest BCUT2D eigenvalue weighted by Gasteiger charge is -2.08. The van der Waals surface area contributed by atoms with Crippen molar-refractivity contribution in [2.45, 2.75) is 32.6 Å².